The molecule has 0 bridgehead atoms. The molecular formula is C9H8ClIO2. The highest BCUT2D eigenvalue weighted by Gasteiger charge is 2.17. The van der Waals surface area contributed by atoms with Crippen molar-refractivity contribution in [3.63, 3.8) is 0 Å². The highest BCUT2D eigenvalue weighted by atomic mass is 127. The van der Waals surface area contributed by atoms with Gasteiger partial charge in [0.05, 0.1) is 3.57 Å². The van der Waals surface area contributed by atoms with E-state index in [1.807, 2.05) is 22.6 Å². The molecule has 0 amide bonds. The number of hydrogen-bond acceptors (Lipinski definition) is 2. The zero-order valence-electron chi connectivity index (χ0n) is 6.92. The Bertz CT molecular complexity index is 338. The molecule has 0 saturated carbocycles. The smallest absolute Gasteiger partial charge is 0.152 e. The van der Waals surface area contributed by atoms with Crippen LogP contribution in [0.4, 0.5) is 0 Å². The summed E-state index contributed by atoms with van der Waals surface area (Å²) < 4.78 is 0.696. The van der Waals surface area contributed by atoms with Crippen molar-refractivity contribution in [1.29, 1.82) is 0 Å². The lowest BCUT2D eigenvalue weighted by molar-refractivity contribution is -0.116. The highest BCUT2D eigenvalue weighted by molar-refractivity contribution is 14.1. The van der Waals surface area contributed by atoms with E-state index in [0.29, 0.717) is 9.13 Å². The number of phenolic OH excluding ortho intramolecular Hbond substituents is 1. The molecule has 1 aromatic rings. The van der Waals surface area contributed by atoms with Gasteiger partial charge < -0.3 is 5.11 Å². The summed E-state index contributed by atoms with van der Waals surface area (Å²) in [5.74, 6) is -0.0720. The predicted molar refractivity (Wildman–Crippen MR) is 60.1 cm³/mol. The third kappa shape index (κ3) is 2.34. The molecule has 0 radical (unpaired) electrons. The summed E-state index contributed by atoms with van der Waals surface area (Å²) in [4.78, 5) is 11.0. The van der Waals surface area contributed by atoms with Gasteiger partial charge in [-0.3, -0.25) is 4.79 Å². The van der Waals surface area contributed by atoms with E-state index in [1.165, 1.54) is 6.92 Å². The summed E-state index contributed by atoms with van der Waals surface area (Å²) in [5.41, 5.74) is 0.473. The van der Waals surface area contributed by atoms with Crippen LogP contribution in [0.5, 0.6) is 5.75 Å². The van der Waals surface area contributed by atoms with E-state index in [-0.39, 0.29) is 11.5 Å². The number of halogens is 2. The molecule has 0 spiro atoms. The number of alkyl halides is 1. The normalized spacial score (nSPS) is 12.5. The van der Waals surface area contributed by atoms with E-state index in [9.17, 15) is 9.90 Å². The summed E-state index contributed by atoms with van der Waals surface area (Å²) in [6.45, 7) is 1.40. The Hall–Kier alpha value is -0.290. The molecule has 1 rings (SSSR count). The van der Waals surface area contributed by atoms with Crippen molar-refractivity contribution < 1.29 is 9.90 Å². The van der Waals surface area contributed by atoms with Gasteiger partial charge in [0, 0.05) is 5.56 Å². The highest BCUT2D eigenvalue weighted by Crippen LogP contribution is 2.32. The Morgan fingerprint density at radius 3 is 2.77 bits per heavy atom. The van der Waals surface area contributed by atoms with Crippen LogP contribution in [0.2, 0.25) is 0 Å². The summed E-state index contributed by atoms with van der Waals surface area (Å²) in [6.07, 6.45) is 0. The van der Waals surface area contributed by atoms with Gasteiger partial charge in [0.15, 0.2) is 5.78 Å². The minimum Gasteiger partial charge on any atom is -0.506 e. The molecule has 13 heavy (non-hydrogen) atoms. The van der Waals surface area contributed by atoms with Crippen LogP contribution in [0, 0.1) is 3.57 Å². The molecule has 0 aliphatic heterocycles. The van der Waals surface area contributed by atoms with Gasteiger partial charge in [0.25, 0.3) is 0 Å². The lowest BCUT2D eigenvalue weighted by atomic mass is 10.1. The van der Waals surface area contributed by atoms with E-state index in [4.69, 9.17) is 11.6 Å². The van der Waals surface area contributed by atoms with Crippen molar-refractivity contribution in [2.75, 3.05) is 0 Å². The largest absolute Gasteiger partial charge is 0.506 e. The molecule has 2 nitrogen and oxygen atoms in total. The monoisotopic (exact) mass is 310 g/mol. The molecule has 0 aliphatic carbocycles. The number of rotatable bonds is 2. The number of aromatic hydroxyl groups is 1. The van der Waals surface area contributed by atoms with E-state index in [0.717, 1.165) is 0 Å². The number of carbonyl (C=O) groups excluding carboxylic acids is 1. The molecule has 0 fully saturated rings. The topological polar surface area (TPSA) is 37.3 Å². The molecule has 1 unspecified atom stereocenters. The van der Waals surface area contributed by atoms with E-state index in [1.54, 1.807) is 18.2 Å². The van der Waals surface area contributed by atoms with Crippen LogP contribution in [0.25, 0.3) is 0 Å². The summed E-state index contributed by atoms with van der Waals surface area (Å²) in [5, 5.41) is 8.82. The first-order valence-corrected chi connectivity index (χ1v) is 5.17. The molecule has 1 atom stereocenters. The second-order valence-corrected chi connectivity index (χ2v) is 4.25. The Morgan fingerprint density at radius 2 is 2.23 bits per heavy atom. The second-order valence-electron chi connectivity index (χ2n) is 2.65. The van der Waals surface area contributed by atoms with Crippen LogP contribution < -0.4 is 0 Å². The number of carbonyl (C=O) groups is 1. The molecule has 0 aromatic heterocycles. The molecule has 4 heteroatoms. The molecule has 0 aliphatic rings. The van der Waals surface area contributed by atoms with Crippen LogP contribution in [-0.2, 0) is 4.79 Å². The molecule has 70 valence electrons. The Labute approximate surface area is 95.0 Å². The van der Waals surface area contributed by atoms with Crippen molar-refractivity contribution >= 4 is 40.0 Å². The summed E-state index contributed by atoms with van der Waals surface area (Å²) in [7, 11) is 0. The standard InChI is InChI=1S/C9H8ClIO2/c1-5(12)8(10)6-3-2-4-7(11)9(6)13/h2-4,8,13H,1H3. The number of Topliss-reactive ketones (excluding diaryl/α,β-unsaturated/α-hetero) is 1. The van der Waals surface area contributed by atoms with Crippen molar-refractivity contribution in [2.45, 2.75) is 12.3 Å². The number of benzene rings is 1. The van der Waals surface area contributed by atoms with Crippen LogP contribution >= 0.6 is 34.2 Å². The number of phenols is 1. The Morgan fingerprint density at radius 1 is 1.62 bits per heavy atom. The summed E-state index contributed by atoms with van der Waals surface area (Å²) in [6, 6.07) is 5.16. The molecule has 0 heterocycles. The number of hydrogen-bond donors (Lipinski definition) is 1. The maximum absolute atomic E-state index is 11.0. The van der Waals surface area contributed by atoms with Crippen LogP contribution in [0.3, 0.4) is 0 Å². The van der Waals surface area contributed by atoms with Crippen molar-refractivity contribution in [2.24, 2.45) is 0 Å². The maximum atomic E-state index is 11.0. The fourth-order valence-corrected chi connectivity index (χ4v) is 1.65. The van der Waals surface area contributed by atoms with Gasteiger partial charge in [-0.05, 0) is 35.6 Å². The minimum atomic E-state index is -0.755. The van der Waals surface area contributed by atoms with E-state index in [2.05, 4.69) is 0 Å². The van der Waals surface area contributed by atoms with Gasteiger partial charge in [-0.2, -0.15) is 0 Å². The first-order valence-electron chi connectivity index (χ1n) is 3.66. The van der Waals surface area contributed by atoms with Crippen LogP contribution in [-0.4, -0.2) is 10.9 Å². The molecule has 0 saturated heterocycles. The number of ketones is 1. The van der Waals surface area contributed by atoms with Gasteiger partial charge in [0.1, 0.15) is 11.1 Å². The first-order chi connectivity index (χ1) is 6.04. The van der Waals surface area contributed by atoms with Crippen LogP contribution in [0.15, 0.2) is 18.2 Å². The second kappa shape index (κ2) is 4.28. The van der Waals surface area contributed by atoms with Crippen molar-refractivity contribution in [3.05, 3.63) is 27.3 Å². The van der Waals surface area contributed by atoms with E-state index >= 15 is 0 Å². The third-order valence-electron chi connectivity index (χ3n) is 1.65. The van der Waals surface area contributed by atoms with Crippen molar-refractivity contribution in [3.8, 4) is 5.75 Å². The van der Waals surface area contributed by atoms with Gasteiger partial charge in [0.2, 0.25) is 0 Å². The Balaban J connectivity index is 3.15. The maximum Gasteiger partial charge on any atom is 0.152 e. The van der Waals surface area contributed by atoms with Gasteiger partial charge >= 0.3 is 0 Å². The first kappa shape index (κ1) is 10.8. The van der Waals surface area contributed by atoms with Gasteiger partial charge in [-0.1, -0.05) is 12.1 Å². The minimum absolute atomic E-state index is 0.0956. The number of para-hydroxylation sites is 1. The van der Waals surface area contributed by atoms with E-state index < -0.39 is 5.38 Å². The quantitative estimate of drug-likeness (QED) is 0.674. The zero-order chi connectivity index (χ0) is 10.0. The molecule has 1 N–H and O–H groups in total. The lowest BCUT2D eigenvalue weighted by Gasteiger charge is -2.08. The SMILES string of the molecule is CC(=O)C(Cl)c1cccc(I)c1O. The lowest BCUT2D eigenvalue weighted by Crippen LogP contribution is -2.02. The molecule has 1 aromatic carbocycles. The fourth-order valence-electron chi connectivity index (χ4n) is 0.956. The van der Waals surface area contributed by atoms with Crippen LogP contribution in [0.1, 0.15) is 17.9 Å². The van der Waals surface area contributed by atoms with Gasteiger partial charge in [-0.25, -0.2) is 0 Å². The fraction of sp³-hybridized carbons (Fsp3) is 0.222. The zero-order valence-corrected chi connectivity index (χ0v) is 9.83. The van der Waals surface area contributed by atoms with Crippen molar-refractivity contribution in [1.82, 2.24) is 0 Å². The average molecular weight is 311 g/mol. The predicted octanol–water partition coefficient (Wildman–Crippen LogP) is 2.87. The third-order valence-corrected chi connectivity index (χ3v) is 3.06. The Kier molecular flexibility index (Phi) is 3.55. The van der Waals surface area contributed by atoms with Gasteiger partial charge in [-0.15, -0.1) is 11.6 Å². The average Bonchev–Trinajstić information content (AvgIpc) is 2.08. The molecular weight excluding hydrogens is 302 g/mol. The summed E-state index contributed by atoms with van der Waals surface area (Å²) >= 11 is 7.79.